The van der Waals surface area contributed by atoms with Gasteiger partial charge >= 0.3 is 0 Å². The van der Waals surface area contributed by atoms with Gasteiger partial charge in [0.25, 0.3) is 0 Å². The minimum Gasteiger partial charge on any atom is -0.508 e. The number of para-hydroxylation sites is 1. The van der Waals surface area contributed by atoms with E-state index in [1.54, 1.807) is 0 Å². The SMILES string of the molecule is C=C(O)c1c(N(C)C)nc2c(CC)cccc2c1-c1ccccc1. The van der Waals surface area contributed by atoms with Crippen molar-refractivity contribution >= 4 is 22.5 Å². The molecule has 0 unspecified atom stereocenters. The van der Waals surface area contributed by atoms with Crippen LogP contribution >= 0.6 is 0 Å². The summed E-state index contributed by atoms with van der Waals surface area (Å²) in [5, 5.41) is 11.4. The molecule has 1 aromatic heterocycles. The van der Waals surface area contributed by atoms with Gasteiger partial charge in [-0.25, -0.2) is 4.98 Å². The molecule has 0 bridgehead atoms. The van der Waals surface area contributed by atoms with Crippen LogP contribution in [0.5, 0.6) is 0 Å². The van der Waals surface area contributed by atoms with Crippen LogP contribution in [0.1, 0.15) is 18.1 Å². The molecule has 24 heavy (non-hydrogen) atoms. The quantitative estimate of drug-likeness (QED) is 0.683. The van der Waals surface area contributed by atoms with Gasteiger partial charge in [-0.3, -0.25) is 0 Å². The van der Waals surface area contributed by atoms with E-state index < -0.39 is 0 Å². The van der Waals surface area contributed by atoms with E-state index in [-0.39, 0.29) is 5.76 Å². The fourth-order valence-electron chi connectivity index (χ4n) is 3.12. The first kappa shape index (κ1) is 16.1. The lowest BCUT2D eigenvalue weighted by atomic mass is 9.93. The Hall–Kier alpha value is -2.81. The number of anilines is 1. The van der Waals surface area contributed by atoms with Crippen molar-refractivity contribution < 1.29 is 5.11 Å². The van der Waals surface area contributed by atoms with Gasteiger partial charge in [-0.2, -0.15) is 0 Å². The van der Waals surface area contributed by atoms with Gasteiger partial charge in [0.2, 0.25) is 0 Å². The Morgan fingerprint density at radius 1 is 1.08 bits per heavy atom. The molecule has 0 aliphatic rings. The number of pyridine rings is 1. The Morgan fingerprint density at radius 3 is 2.38 bits per heavy atom. The number of benzene rings is 2. The highest BCUT2D eigenvalue weighted by Crippen LogP contribution is 2.39. The molecule has 1 heterocycles. The molecule has 0 saturated carbocycles. The van der Waals surface area contributed by atoms with Crippen LogP contribution in [0.15, 0.2) is 55.1 Å². The number of hydrogen-bond donors (Lipinski definition) is 1. The third-order valence-electron chi connectivity index (χ3n) is 4.24. The van der Waals surface area contributed by atoms with E-state index in [0.717, 1.165) is 34.3 Å². The maximum atomic E-state index is 10.3. The average molecular weight is 318 g/mol. The van der Waals surface area contributed by atoms with Crippen LogP contribution in [0.2, 0.25) is 0 Å². The second-order valence-electron chi connectivity index (χ2n) is 6.06. The van der Waals surface area contributed by atoms with Crippen LogP contribution in [0, 0.1) is 0 Å². The molecule has 1 N–H and O–H groups in total. The minimum atomic E-state index is 0.0360. The highest BCUT2D eigenvalue weighted by molar-refractivity contribution is 6.03. The summed E-state index contributed by atoms with van der Waals surface area (Å²) in [4.78, 5) is 6.78. The molecule has 0 radical (unpaired) electrons. The van der Waals surface area contributed by atoms with Gasteiger partial charge in [0, 0.05) is 25.0 Å². The molecule has 0 spiro atoms. The lowest BCUT2D eigenvalue weighted by Gasteiger charge is -2.22. The standard InChI is InChI=1S/C21H22N2O/c1-5-15-12-9-13-17-19(16-10-7-6-8-11-16)18(14(2)24)21(23(3)4)22-20(15)17/h6-13,24H,2,5H2,1,3-4H3. The Kier molecular flexibility index (Phi) is 4.26. The van der Waals surface area contributed by atoms with E-state index in [0.29, 0.717) is 5.56 Å². The number of nitrogens with zero attached hydrogens (tertiary/aromatic N) is 2. The smallest absolute Gasteiger partial charge is 0.140 e. The summed E-state index contributed by atoms with van der Waals surface area (Å²) in [5.41, 5.74) is 4.89. The normalized spacial score (nSPS) is 10.8. The van der Waals surface area contributed by atoms with E-state index >= 15 is 0 Å². The van der Waals surface area contributed by atoms with Crippen molar-refractivity contribution in [1.29, 1.82) is 0 Å². The number of aliphatic hydroxyl groups is 1. The van der Waals surface area contributed by atoms with Gasteiger partial charge < -0.3 is 10.0 Å². The lowest BCUT2D eigenvalue weighted by Crippen LogP contribution is -2.14. The fourth-order valence-corrected chi connectivity index (χ4v) is 3.12. The number of fused-ring (bicyclic) bond motifs is 1. The number of aromatic nitrogens is 1. The van der Waals surface area contributed by atoms with Gasteiger partial charge in [0.1, 0.15) is 11.6 Å². The third kappa shape index (κ3) is 2.62. The van der Waals surface area contributed by atoms with Gasteiger partial charge in [-0.05, 0) is 17.5 Å². The summed E-state index contributed by atoms with van der Waals surface area (Å²) < 4.78 is 0. The van der Waals surface area contributed by atoms with Crippen molar-refractivity contribution in [2.24, 2.45) is 0 Å². The first-order valence-corrected chi connectivity index (χ1v) is 8.11. The Labute approximate surface area is 142 Å². The maximum Gasteiger partial charge on any atom is 0.140 e. The molecule has 0 amide bonds. The zero-order valence-electron chi connectivity index (χ0n) is 14.4. The number of hydrogen-bond acceptors (Lipinski definition) is 3. The van der Waals surface area contributed by atoms with Crippen molar-refractivity contribution in [3.8, 4) is 11.1 Å². The first-order valence-electron chi connectivity index (χ1n) is 8.11. The van der Waals surface area contributed by atoms with Crippen LogP contribution < -0.4 is 4.90 Å². The topological polar surface area (TPSA) is 36.4 Å². The minimum absolute atomic E-state index is 0.0360. The molecular formula is C21H22N2O. The molecule has 0 atom stereocenters. The molecule has 0 aliphatic carbocycles. The highest BCUT2D eigenvalue weighted by atomic mass is 16.3. The van der Waals surface area contributed by atoms with Crippen LogP contribution in [0.3, 0.4) is 0 Å². The second kappa shape index (κ2) is 6.36. The predicted octanol–water partition coefficient (Wildman–Crippen LogP) is 5.06. The summed E-state index contributed by atoms with van der Waals surface area (Å²) in [6, 6.07) is 16.3. The Morgan fingerprint density at radius 2 is 1.79 bits per heavy atom. The molecule has 3 rings (SSSR count). The summed E-state index contributed by atoms with van der Waals surface area (Å²) in [5.74, 6) is 0.767. The van der Waals surface area contributed by atoms with E-state index in [1.165, 1.54) is 5.56 Å². The summed E-state index contributed by atoms with van der Waals surface area (Å²) >= 11 is 0. The van der Waals surface area contributed by atoms with Crippen LogP contribution in [-0.4, -0.2) is 24.2 Å². The van der Waals surface area contributed by atoms with E-state index in [9.17, 15) is 5.11 Å². The molecule has 2 aromatic carbocycles. The summed E-state index contributed by atoms with van der Waals surface area (Å²) in [6.07, 6.45) is 0.908. The number of aliphatic hydroxyl groups excluding tert-OH is 1. The zero-order chi connectivity index (χ0) is 17.3. The second-order valence-corrected chi connectivity index (χ2v) is 6.06. The third-order valence-corrected chi connectivity index (χ3v) is 4.24. The van der Waals surface area contributed by atoms with Gasteiger partial charge in [0.05, 0.1) is 11.1 Å². The molecular weight excluding hydrogens is 296 g/mol. The molecule has 3 heteroatoms. The lowest BCUT2D eigenvalue weighted by molar-refractivity contribution is 0.514. The van der Waals surface area contributed by atoms with Gasteiger partial charge in [0.15, 0.2) is 0 Å². The van der Waals surface area contributed by atoms with Crippen molar-refractivity contribution in [2.45, 2.75) is 13.3 Å². The van der Waals surface area contributed by atoms with Gasteiger partial charge in [-0.1, -0.05) is 62.0 Å². The molecule has 0 aliphatic heterocycles. The molecule has 0 fully saturated rings. The number of rotatable bonds is 4. The molecule has 3 nitrogen and oxygen atoms in total. The largest absolute Gasteiger partial charge is 0.508 e. The first-order chi connectivity index (χ1) is 11.5. The highest BCUT2D eigenvalue weighted by Gasteiger charge is 2.20. The molecule has 0 saturated heterocycles. The monoisotopic (exact) mass is 318 g/mol. The Bertz CT molecular complexity index is 899. The fraction of sp³-hybridized carbons (Fsp3) is 0.190. The Balaban J connectivity index is 2.53. The van der Waals surface area contributed by atoms with Crippen LogP contribution in [0.25, 0.3) is 27.8 Å². The van der Waals surface area contributed by atoms with E-state index in [1.807, 2.05) is 37.2 Å². The average Bonchev–Trinajstić information content (AvgIpc) is 2.59. The van der Waals surface area contributed by atoms with Crippen molar-refractivity contribution in [2.75, 3.05) is 19.0 Å². The summed E-state index contributed by atoms with van der Waals surface area (Å²) in [7, 11) is 3.87. The van der Waals surface area contributed by atoms with Crippen molar-refractivity contribution in [3.05, 3.63) is 66.2 Å². The zero-order valence-corrected chi connectivity index (χ0v) is 14.4. The van der Waals surface area contributed by atoms with Crippen molar-refractivity contribution in [3.63, 3.8) is 0 Å². The predicted molar refractivity (Wildman–Crippen MR) is 103 cm³/mol. The maximum absolute atomic E-state index is 10.3. The van der Waals surface area contributed by atoms with Crippen LogP contribution in [0.4, 0.5) is 5.82 Å². The van der Waals surface area contributed by atoms with Crippen LogP contribution in [-0.2, 0) is 6.42 Å². The van der Waals surface area contributed by atoms with Gasteiger partial charge in [-0.15, -0.1) is 0 Å². The van der Waals surface area contributed by atoms with Crippen molar-refractivity contribution in [1.82, 2.24) is 4.98 Å². The van der Waals surface area contributed by atoms with E-state index in [2.05, 4.69) is 43.8 Å². The molecule has 122 valence electrons. The molecule has 3 aromatic rings. The van der Waals surface area contributed by atoms with E-state index in [4.69, 9.17) is 4.98 Å². The summed E-state index contributed by atoms with van der Waals surface area (Å²) in [6.45, 7) is 5.92. The number of aryl methyl sites for hydroxylation is 1.